The van der Waals surface area contributed by atoms with E-state index in [9.17, 15) is 13.2 Å². The van der Waals surface area contributed by atoms with E-state index in [1.807, 2.05) is 6.07 Å². The highest BCUT2D eigenvalue weighted by molar-refractivity contribution is 7.91. The summed E-state index contributed by atoms with van der Waals surface area (Å²) in [5.74, 6) is 0.228. The Hall–Kier alpha value is -1.76. The maximum atomic E-state index is 12.1. The fourth-order valence-corrected chi connectivity index (χ4v) is 2.61. The molecule has 1 aromatic rings. The van der Waals surface area contributed by atoms with Crippen molar-refractivity contribution < 1.29 is 17.9 Å². The Labute approximate surface area is 118 Å². The van der Waals surface area contributed by atoms with Crippen LogP contribution < -0.4 is 15.4 Å². The van der Waals surface area contributed by atoms with Crippen molar-refractivity contribution in [1.29, 1.82) is 0 Å². The smallest absolute Gasteiger partial charge is 0.255 e. The summed E-state index contributed by atoms with van der Waals surface area (Å²) >= 11 is 0. The van der Waals surface area contributed by atoms with Crippen LogP contribution in [-0.4, -0.2) is 45.5 Å². The number of para-hydroxylation sites is 1. The second kappa shape index (κ2) is 6.13. The van der Waals surface area contributed by atoms with Gasteiger partial charge >= 0.3 is 0 Å². The van der Waals surface area contributed by atoms with Crippen LogP contribution in [0.25, 0.3) is 0 Å². The molecule has 0 aliphatic carbocycles. The first-order chi connectivity index (χ1) is 9.53. The molecule has 1 aliphatic rings. The summed E-state index contributed by atoms with van der Waals surface area (Å²) in [7, 11) is -3.07. The number of sulfone groups is 1. The van der Waals surface area contributed by atoms with E-state index in [0.29, 0.717) is 24.5 Å². The summed E-state index contributed by atoms with van der Waals surface area (Å²) in [6, 6.07) is 5.26. The minimum absolute atomic E-state index is 0.0522. The van der Waals surface area contributed by atoms with Crippen molar-refractivity contribution in [2.45, 2.75) is 6.92 Å². The highest BCUT2D eigenvalue weighted by Gasteiger charge is 2.19. The number of rotatable bonds is 5. The molecule has 0 aromatic heterocycles. The van der Waals surface area contributed by atoms with E-state index in [1.165, 1.54) is 0 Å². The number of benzene rings is 1. The van der Waals surface area contributed by atoms with E-state index in [2.05, 4.69) is 10.6 Å². The lowest BCUT2D eigenvalue weighted by atomic mass is 10.1. The van der Waals surface area contributed by atoms with Crippen molar-refractivity contribution >= 4 is 21.4 Å². The van der Waals surface area contributed by atoms with Crippen LogP contribution in [0.2, 0.25) is 0 Å². The molecule has 1 heterocycles. The van der Waals surface area contributed by atoms with Crippen LogP contribution in [0.15, 0.2) is 18.2 Å². The first-order valence-corrected chi connectivity index (χ1v) is 8.34. The molecule has 110 valence electrons. The Morgan fingerprint density at radius 1 is 1.45 bits per heavy atom. The zero-order valence-electron chi connectivity index (χ0n) is 11.3. The average Bonchev–Trinajstić information content (AvgIpc) is 2.46. The number of nitrogens with one attached hydrogen (secondary N) is 2. The highest BCUT2D eigenvalue weighted by atomic mass is 32.2. The number of carbonyl (C=O) groups is 1. The van der Waals surface area contributed by atoms with Gasteiger partial charge in [-0.15, -0.1) is 0 Å². The van der Waals surface area contributed by atoms with Gasteiger partial charge in [-0.05, 0) is 12.1 Å². The van der Waals surface area contributed by atoms with Crippen molar-refractivity contribution in [2.75, 3.05) is 36.5 Å². The van der Waals surface area contributed by atoms with E-state index < -0.39 is 9.84 Å². The standard InChI is InChI=1S/C13H18N2O4S/c1-2-20(17,18)9-7-15-13(16)10-4-3-5-11-12(10)19-8-6-14-11/h3-5,14H,2,6-9H2,1H3,(H,15,16). The minimum atomic E-state index is -3.07. The molecule has 1 amide bonds. The van der Waals surface area contributed by atoms with E-state index in [0.717, 1.165) is 5.69 Å². The zero-order valence-corrected chi connectivity index (χ0v) is 12.1. The summed E-state index contributed by atoms with van der Waals surface area (Å²) in [5.41, 5.74) is 1.20. The predicted octanol–water partition coefficient (Wildman–Crippen LogP) is 0.655. The van der Waals surface area contributed by atoms with Gasteiger partial charge in [-0.1, -0.05) is 13.0 Å². The van der Waals surface area contributed by atoms with Gasteiger partial charge in [-0.25, -0.2) is 8.42 Å². The predicted molar refractivity (Wildman–Crippen MR) is 77.1 cm³/mol. The molecule has 0 radical (unpaired) electrons. The Kier molecular flexibility index (Phi) is 4.49. The number of hydrogen-bond donors (Lipinski definition) is 2. The fraction of sp³-hybridized carbons (Fsp3) is 0.462. The molecule has 0 saturated carbocycles. The van der Waals surface area contributed by atoms with E-state index in [4.69, 9.17) is 4.74 Å². The fourth-order valence-electron chi connectivity index (χ4n) is 1.91. The second-order valence-electron chi connectivity index (χ2n) is 4.45. The lowest BCUT2D eigenvalue weighted by Gasteiger charge is -2.21. The van der Waals surface area contributed by atoms with Gasteiger partial charge in [0, 0.05) is 18.8 Å². The number of anilines is 1. The van der Waals surface area contributed by atoms with Gasteiger partial charge in [0.05, 0.1) is 17.0 Å². The lowest BCUT2D eigenvalue weighted by molar-refractivity contribution is 0.0952. The molecule has 20 heavy (non-hydrogen) atoms. The Morgan fingerprint density at radius 3 is 3.00 bits per heavy atom. The van der Waals surface area contributed by atoms with Crippen molar-refractivity contribution in [3.8, 4) is 5.75 Å². The highest BCUT2D eigenvalue weighted by Crippen LogP contribution is 2.30. The van der Waals surface area contributed by atoms with E-state index in [-0.39, 0.29) is 24.0 Å². The molecule has 0 bridgehead atoms. The van der Waals surface area contributed by atoms with Crippen LogP contribution in [0.4, 0.5) is 5.69 Å². The molecular weight excluding hydrogens is 280 g/mol. The second-order valence-corrected chi connectivity index (χ2v) is 6.92. The summed E-state index contributed by atoms with van der Waals surface area (Å²) in [6.07, 6.45) is 0. The van der Waals surface area contributed by atoms with Gasteiger partial charge < -0.3 is 15.4 Å². The Bertz CT molecular complexity index is 598. The quantitative estimate of drug-likeness (QED) is 0.834. The first kappa shape index (κ1) is 14.6. The van der Waals surface area contributed by atoms with Crippen molar-refractivity contribution in [3.63, 3.8) is 0 Å². The van der Waals surface area contributed by atoms with Gasteiger partial charge in [0.25, 0.3) is 5.91 Å². The van der Waals surface area contributed by atoms with Crippen molar-refractivity contribution in [1.82, 2.24) is 5.32 Å². The Morgan fingerprint density at radius 2 is 2.25 bits per heavy atom. The third-order valence-electron chi connectivity index (χ3n) is 3.06. The van der Waals surface area contributed by atoms with Crippen LogP contribution in [0.3, 0.4) is 0 Å². The van der Waals surface area contributed by atoms with Gasteiger partial charge in [-0.2, -0.15) is 0 Å². The number of carbonyl (C=O) groups excluding carboxylic acids is 1. The molecule has 0 unspecified atom stereocenters. The van der Waals surface area contributed by atoms with Crippen LogP contribution in [0, 0.1) is 0 Å². The zero-order chi connectivity index (χ0) is 14.6. The number of ether oxygens (including phenoxy) is 1. The topological polar surface area (TPSA) is 84.5 Å². The SMILES string of the molecule is CCS(=O)(=O)CCNC(=O)c1cccc2c1OCCN2. The van der Waals surface area contributed by atoms with Gasteiger partial charge in [-0.3, -0.25) is 4.79 Å². The molecule has 7 heteroatoms. The van der Waals surface area contributed by atoms with Crippen LogP contribution >= 0.6 is 0 Å². The third kappa shape index (κ3) is 3.41. The largest absolute Gasteiger partial charge is 0.489 e. The molecule has 0 spiro atoms. The van der Waals surface area contributed by atoms with Gasteiger partial charge in [0.1, 0.15) is 6.61 Å². The lowest BCUT2D eigenvalue weighted by Crippen LogP contribution is -2.30. The molecule has 2 N–H and O–H groups in total. The van der Waals surface area contributed by atoms with Gasteiger partial charge in [0.2, 0.25) is 0 Å². The number of fused-ring (bicyclic) bond motifs is 1. The molecule has 0 fully saturated rings. The molecule has 2 rings (SSSR count). The van der Waals surface area contributed by atoms with E-state index in [1.54, 1.807) is 19.1 Å². The molecule has 6 nitrogen and oxygen atoms in total. The molecule has 1 aromatic carbocycles. The van der Waals surface area contributed by atoms with Crippen LogP contribution in [0.1, 0.15) is 17.3 Å². The first-order valence-electron chi connectivity index (χ1n) is 6.52. The van der Waals surface area contributed by atoms with Gasteiger partial charge in [0.15, 0.2) is 15.6 Å². The maximum absolute atomic E-state index is 12.1. The molecule has 0 saturated heterocycles. The monoisotopic (exact) mass is 298 g/mol. The van der Waals surface area contributed by atoms with E-state index >= 15 is 0 Å². The van der Waals surface area contributed by atoms with Crippen LogP contribution in [0.5, 0.6) is 5.75 Å². The minimum Gasteiger partial charge on any atom is -0.489 e. The summed E-state index contributed by atoms with van der Waals surface area (Å²) < 4.78 is 28.2. The molecule has 0 atom stereocenters. The maximum Gasteiger partial charge on any atom is 0.255 e. The third-order valence-corrected chi connectivity index (χ3v) is 4.77. The van der Waals surface area contributed by atoms with Crippen molar-refractivity contribution in [3.05, 3.63) is 23.8 Å². The average molecular weight is 298 g/mol. The summed E-state index contributed by atoms with van der Waals surface area (Å²) in [6.45, 7) is 2.89. The van der Waals surface area contributed by atoms with Crippen molar-refractivity contribution in [2.24, 2.45) is 0 Å². The summed E-state index contributed by atoms with van der Waals surface area (Å²) in [4.78, 5) is 12.1. The van der Waals surface area contributed by atoms with Crippen LogP contribution in [-0.2, 0) is 9.84 Å². The number of amides is 1. The normalized spacial score (nSPS) is 13.8. The molecular formula is C13H18N2O4S. The molecule has 1 aliphatic heterocycles. The Balaban J connectivity index is 2.03. The summed E-state index contributed by atoms with van der Waals surface area (Å²) in [5, 5.41) is 5.76. The number of hydrogen-bond acceptors (Lipinski definition) is 5.